The van der Waals surface area contributed by atoms with Gasteiger partial charge < -0.3 is 24.1 Å². The molecule has 0 unspecified atom stereocenters. The van der Waals surface area contributed by atoms with E-state index in [0.29, 0.717) is 15.9 Å². The Kier molecular flexibility index (Phi) is 5.57. The fourth-order valence-corrected chi connectivity index (χ4v) is 5.37. The molecule has 4 aromatic rings. The lowest BCUT2D eigenvalue weighted by Gasteiger charge is -2.26. The van der Waals surface area contributed by atoms with E-state index in [2.05, 4.69) is 10.3 Å². The van der Waals surface area contributed by atoms with Crippen LogP contribution in [0, 0.1) is 0 Å². The predicted octanol–water partition coefficient (Wildman–Crippen LogP) is 6.39. The van der Waals surface area contributed by atoms with Gasteiger partial charge in [-0.05, 0) is 72.9 Å². The molecular formula is C25H18ClN3O3S2. The Bertz CT molecular complexity index is 1350. The van der Waals surface area contributed by atoms with Gasteiger partial charge in [0.25, 0.3) is 0 Å². The van der Waals surface area contributed by atoms with Crippen molar-refractivity contribution in [2.45, 2.75) is 22.1 Å². The Morgan fingerprint density at radius 3 is 2.68 bits per heavy atom. The van der Waals surface area contributed by atoms with E-state index in [-0.39, 0.29) is 18.9 Å². The van der Waals surface area contributed by atoms with Gasteiger partial charge in [-0.3, -0.25) is 4.98 Å². The lowest BCUT2D eigenvalue weighted by Crippen LogP contribution is -2.29. The number of hydrogen-bond acceptors (Lipinski definition) is 6. The molecule has 0 radical (unpaired) electrons. The summed E-state index contributed by atoms with van der Waals surface area (Å²) in [6.45, 7) is 0.213. The maximum Gasteiger partial charge on any atom is 0.231 e. The quantitative estimate of drug-likeness (QED) is 0.312. The number of hydrogen-bond donors (Lipinski definition) is 1. The van der Waals surface area contributed by atoms with Crippen molar-refractivity contribution in [3.8, 4) is 11.5 Å². The van der Waals surface area contributed by atoms with Crippen LogP contribution in [0.25, 0.3) is 0 Å². The van der Waals surface area contributed by atoms with Gasteiger partial charge in [-0.2, -0.15) is 0 Å². The van der Waals surface area contributed by atoms with Crippen molar-refractivity contribution in [1.29, 1.82) is 0 Å². The summed E-state index contributed by atoms with van der Waals surface area (Å²) >= 11 is 13.3. The molecule has 2 aliphatic rings. The number of aromatic nitrogens is 1. The Morgan fingerprint density at radius 2 is 1.85 bits per heavy atom. The van der Waals surface area contributed by atoms with E-state index in [0.717, 1.165) is 32.9 Å². The van der Waals surface area contributed by atoms with Gasteiger partial charge in [-0.15, -0.1) is 0 Å². The number of thiocarbonyl (C=S) groups is 1. The van der Waals surface area contributed by atoms with E-state index in [1.165, 1.54) is 11.8 Å². The summed E-state index contributed by atoms with van der Waals surface area (Å²) in [6.07, 6.45) is 1.78. The first-order chi connectivity index (χ1) is 16.7. The largest absolute Gasteiger partial charge is 0.454 e. The number of fused-ring (bicyclic) bond motifs is 1. The minimum absolute atomic E-state index is 0.196. The monoisotopic (exact) mass is 507 g/mol. The molecule has 2 aromatic carbocycles. The summed E-state index contributed by atoms with van der Waals surface area (Å²) in [6, 6.07) is 22.9. The first-order valence-electron chi connectivity index (χ1n) is 10.6. The highest BCUT2D eigenvalue weighted by Crippen LogP contribution is 2.45. The molecule has 34 heavy (non-hydrogen) atoms. The molecule has 1 N–H and O–H groups in total. The van der Waals surface area contributed by atoms with E-state index in [4.69, 9.17) is 37.7 Å². The molecule has 0 spiro atoms. The van der Waals surface area contributed by atoms with Gasteiger partial charge in [0.2, 0.25) is 6.79 Å². The number of benzene rings is 2. The van der Waals surface area contributed by atoms with Gasteiger partial charge in [-0.1, -0.05) is 29.4 Å². The molecule has 2 aliphatic heterocycles. The van der Waals surface area contributed by atoms with E-state index in [1.807, 2.05) is 77.7 Å². The normalized spacial score (nSPS) is 18.9. The van der Waals surface area contributed by atoms with Crippen molar-refractivity contribution in [3.63, 3.8) is 0 Å². The third-order valence-corrected chi connectivity index (χ3v) is 7.15. The average Bonchev–Trinajstić information content (AvgIpc) is 3.59. The molecule has 0 saturated carbocycles. The van der Waals surface area contributed by atoms with Crippen molar-refractivity contribution in [2.24, 2.45) is 0 Å². The zero-order valence-corrected chi connectivity index (χ0v) is 20.1. The summed E-state index contributed by atoms with van der Waals surface area (Å²) in [5, 5.41) is 5.51. The number of nitrogens with zero attached hydrogens (tertiary/aromatic N) is 2. The molecule has 1 saturated heterocycles. The molecule has 6 nitrogen and oxygen atoms in total. The van der Waals surface area contributed by atoms with Crippen molar-refractivity contribution < 1.29 is 13.9 Å². The van der Waals surface area contributed by atoms with E-state index in [9.17, 15) is 0 Å². The zero-order chi connectivity index (χ0) is 23.1. The molecule has 9 heteroatoms. The summed E-state index contributed by atoms with van der Waals surface area (Å²) in [5.41, 5.74) is 1.76. The van der Waals surface area contributed by atoms with Gasteiger partial charge in [-0.25, -0.2) is 0 Å². The second kappa shape index (κ2) is 8.87. The second-order valence-corrected chi connectivity index (χ2v) is 9.65. The Morgan fingerprint density at radius 1 is 1.00 bits per heavy atom. The van der Waals surface area contributed by atoms with Crippen molar-refractivity contribution >= 4 is 46.4 Å². The SMILES string of the molecule is S=C1N[C@@H](c2ccccn2)[C@@H](c2ccc(Sc3ccc(Cl)cc3)o2)N1c1ccc2c(c1)OCO2. The van der Waals surface area contributed by atoms with Crippen molar-refractivity contribution in [3.05, 3.63) is 95.5 Å². The Balaban J connectivity index is 1.38. The first kappa shape index (κ1) is 21.3. The second-order valence-electron chi connectivity index (χ2n) is 7.75. The number of ether oxygens (including phenoxy) is 2. The number of pyridine rings is 1. The van der Waals surface area contributed by atoms with Crippen LogP contribution >= 0.6 is 35.6 Å². The highest BCUT2D eigenvalue weighted by molar-refractivity contribution is 7.99. The smallest absolute Gasteiger partial charge is 0.231 e. The minimum atomic E-state index is -0.248. The Hall–Kier alpha value is -3.20. The lowest BCUT2D eigenvalue weighted by atomic mass is 10.0. The molecular weight excluding hydrogens is 490 g/mol. The number of rotatable bonds is 5. The van der Waals surface area contributed by atoms with Crippen molar-refractivity contribution in [2.75, 3.05) is 11.7 Å². The third-order valence-electron chi connectivity index (χ3n) is 5.66. The molecule has 0 bridgehead atoms. The van der Waals surface area contributed by atoms with Crippen LogP contribution < -0.4 is 19.7 Å². The molecule has 2 atom stereocenters. The van der Waals surface area contributed by atoms with Crippen LogP contribution in [0.5, 0.6) is 11.5 Å². The van der Waals surface area contributed by atoms with Crippen LogP contribution in [0.15, 0.2) is 93.4 Å². The van der Waals surface area contributed by atoms with Crippen molar-refractivity contribution in [1.82, 2.24) is 10.3 Å². The molecule has 6 rings (SSSR count). The zero-order valence-electron chi connectivity index (χ0n) is 17.7. The topological polar surface area (TPSA) is 59.8 Å². The lowest BCUT2D eigenvalue weighted by molar-refractivity contribution is 0.174. The molecule has 2 aromatic heterocycles. The van der Waals surface area contributed by atoms with Gasteiger partial charge in [0.05, 0.1) is 11.7 Å². The molecule has 170 valence electrons. The van der Waals surface area contributed by atoms with Gasteiger partial charge in [0.15, 0.2) is 21.7 Å². The van der Waals surface area contributed by atoms with E-state index >= 15 is 0 Å². The van der Waals surface area contributed by atoms with Crippen LogP contribution in [0.1, 0.15) is 23.5 Å². The van der Waals surface area contributed by atoms with E-state index in [1.54, 1.807) is 6.20 Å². The molecule has 4 heterocycles. The molecule has 0 aliphatic carbocycles. The van der Waals surface area contributed by atoms with Gasteiger partial charge in [0, 0.05) is 27.9 Å². The third kappa shape index (κ3) is 3.98. The number of anilines is 1. The molecule has 1 fully saturated rings. The highest BCUT2D eigenvalue weighted by atomic mass is 35.5. The van der Waals surface area contributed by atoms with Crippen LogP contribution in [-0.4, -0.2) is 16.9 Å². The number of furan rings is 1. The number of nitrogens with one attached hydrogen (secondary N) is 1. The maximum atomic E-state index is 6.35. The maximum absolute atomic E-state index is 6.35. The summed E-state index contributed by atoms with van der Waals surface area (Å²) in [4.78, 5) is 7.68. The molecule has 0 amide bonds. The summed E-state index contributed by atoms with van der Waals surface area (Å²) in [5.74, 6) is 2.19. The van der Waals surface area contributed by atoms with Crippen LogP contribution in [0.4, 0.5) is 5.69 Å². The van der Waals surface area contributed by atoms with Gasteiger partial charge >= 0.3 is 0 Å². The average molecular weight is 508 g/mol. The van der Waals surface area contributed by atoms with Crippen LogP contribution in [0.2, 0.25) is 5.02 Å². The van der Waals surface area contributed by atoms with Crippen LogP contribution in [0.3, 0.4) is 0 Å². The van der Waals surface area contributed by atoms with Gasteiger partial charge in [0.1, 0.15) is 11.8 Å². The summed E-state index contributed by atoms with van der Waals surface area (Å²) < 4.78 is 17.4. The van der Waals surface area contributed by atoms with Crippen LogP contribution in [-0.2, 0) is 0 Å². The predicted molar refractivity (Wildman–Crippen MR) is 135 cm³/mol. The standard InChI is InChI=1S/C25H18ClN3O3S2/c26-15-4-7-17(8-5-15)34-22-11-10-20(32-22)24-23(18-3-1-2-12-27-18)28-25(33)29(24)16-6-9-19-21(13-16)31-14-30-19/h1-13,23-24H,14H2,(H,28,33)/t23-,24+/m0/s1. The van der Waals surface area contributed by atoms with E-state index < -0.39 is 0 Å². The highest BCUT2D eigenvalue weighted by Gasteiger charge is 2.43. The fourth-order valence-electron chi connectivity index (χ4n) is 4.12. The minimum Gasteiger partial charge on any atom is -0.454 e. The number of halogens is 1. The Labute approximate surface area is 210 Å². The first-order valence-corrected chi connectivity index (χ1v) is 12.2. The fraction of sp³-hybridized carbons (Fsp3) is 0.120. The summed E-state index contributed by atoms with van der Waals surface area (Å²) in [7, 11) is 0.